The van der Waals surface area contributed by atoms with Crippen molar-refractivity contribution in [3.63, 3.8) is 0 Å². The molecule has 0 spiro atoms. The van der Waals surface area contributed by atoms with Crippen LogP contribution in [0.3, 0.4) is 0 Å². The van der Waals surface area contributed by atoms with Gasteiger partial charge >= 0.3 is 0 Å². The lowest BCUT2D eigenvalue weighted by Crippen LogP contribution is -2.26. The van der Waals surface area contributed by atoms with Crippen molar-refractivity contribution in [3.05, 3.63) is 87.2 Å². The van der Waals surface area contributed by atoms with Gasteiger partial charge in [0.15, 0.2) is 5.43 Å². The summed E-state index contributed by atoms with van der Waals surface area (Å²) in [6, 6.07) is 18.1. The highest BCUT2D eigenvalue weighted by Gasteiger charge is 2.22. The smallest absolute Gasteiger partial charge is 0.261 e. The number of amides is 1. The lowest BCUT2D eigenvalue weighted by atomic mass is 10.0. The molecule has 1 amide bonds. The average molecular weight is 395 g/mol. The van der Waals surface area contributed by atoms with Gasteiger partial charge in [0.1, 0.15) is 5.56 Å². The number of nitrogens with zero attached hydrogens (tertiary/aromatic N) is 1. The van der Waals surface area contributed by atoms with Crippen LogP contribution >= 0.6 is 11.6 Å². The van der Waals surface area contributed by atoms with Crippen molar-refractivity contribution in [1.82, 2.24) is 4.57 Å². The number of anilines is 1. The van der Waals surface area contributed by atoms with Crippen molar-refractivity contribution in [1.29, 1.82) is 0 Å². The molecule has 4 nitrogen and oxygen atoms in total. The molecule has 1 N–H and O–H groups in total. The summed E-state index contributed by atoms with van der Waals surface area (Å²) in [5.74, 6) is -0.456. The number of carbonyl (C=O) groups excluding carboxylic acids is 1. The second-order valence-corrected chi connectivity index (χ2v) is 7.09. The molecule has 144 valence electrons. The first-order chi connectivity index (χ1) is 13.5. The molecule has 0 saturated carbocycles. The van der Waals surface area contributed by atoms with Crippen LogP contribution in [0, 0.1) is 6.92 Å². The minimum absolute atomic E-state index is 0.132. The number of halogens is 1. The van der Waals surface area contributed by atoms with E-state index in [1.165, 1.54) is 6.07 Å². The van der Waals surface area contributed by atoms with E-state index in [0.29, 0.717) is 16.4 Å². The minimum Gasteiger partial charge on any atom is -0.344 e. The first kappa shape index (κ1) is 19.9. The number of unbranched alkanes of at least 4 members (excludes halogenated alkanes) is 1. The maximum absolute atomic E-state index is 13.1. The van der Waals surface area contributed by atoms with E-state index in [4.69, 9.17) is 11.6 Å². The van der Waals surface area contributed by atoms with Crippen LogP contribution in [0.4, 0.5) is 5.69 Å². The van der Waals surface area contributed by atoms with Crippen molar-refractivity contribution in [2.24, 2.45) is 0 Å². The number of carbonyl (C=O) groups is 1. The van der Waals surface area contributed by atoms with Crippen LogP contribution in [0.1, 0.15) is 35.8 Å². The van der Waals surface area contributed by atoms with E-state index in [-0.39, 0.29) is 11.0 Å². The number of rotatable bonds is 6. The Bertz CT molecular complexity index is 1040. The summed E-state index contributed by atoms with van der Waals surface area (Å²) < 4.78 is 2.06. The van der Waals surface area contributed by atoms with Crippen LogP contribution in [0.25, 0.3) is 11.3 Å². The standard InChI is InChI=1S/C23H23ClN2O2/c1-3-4-14-26-16(2)15-20(27)21(22(26)17-10-6-5-7-11-17)23(28)25-19-13-9-8-12-18(19)24/h5-13,15H,3-4,14H2,1-2H3,(H,25,28). The Morgan fingerprint density at radius 1 is 1.07 bits per heavy atom. The third kappa shape index (κ3) is 4.18. The van der Waals surface area contributed by atoms with Gasteiger partial charge < -0.3 is 9.88 Å². The van der Waals surface area contributed by atoms with E-state index in [0.717, 1.165) is 30.6 Å². The summed E-state index contributed by atoms with van der Waals surface area (Å²) in [4.78, 5) is 26.0. The van der Waals surface area contributed by atoms with Crippen molar-refractivity contribution >= 4 is 23.2 Å². The summed E-state index contributed by atoms with van der Waals surface area (Å²) in [7, 11) is 0. The molecule has 1 heterocycles. The van der Waals surface area contributed by atoms with Crippen molar-refractivity contribution < 1.29 is 4.79 Å². The predicted octanol–water partition coefficient (Wildman–Crippen LogP) is 5.53. The van der Waals surface area contributed by atoms with Gasteiger partial charge in [-0.15, -0.1) is 0 Å². The first-order valence-corrected chi connectivity index (χ1v) is 9.76. The Kier molecular flexibility index (Phi) is 6.32. The molecular weight excluding hydrogens is 372 g/mol. The van der Waals surface area contributed by atoms with Gasteiger partial charge in [-0.2, -0.15) is 0 Å². The average Bonchev–Trinajstić information content (AvgIpc) is 2.69. The predicted molar refractivity (Wildman–Crippen MR) is 115 cm³/mol. The Labute approximate surface area is 169 Å². The summed E-state index contributed by atoms with van der Waals surface area (Å²) in [6.07, 6.45) is 1.97. The molecule has 0 fully saturated rings. The van der Waals surface area contributed by atoms with Crippen LogP contribution in [0.2, 0.25) is 5.02 Å². The molecule has 0 radical (unpaired) electrons. The fourth-order valence-corrected chi connectivity index (χ4v) is 3.42. The summed E-state index contributed by atoms with van der Waals surface area (Å²) in [5.41, 5.74) is 2.63. The number of benzene rings is 2. The van der Waals surface area contributed by atoms with Gasteiger partial charge in [0.25, 0.3) is 5.91 Å². The quantitative estimate of drug-likeness (QED) is 0.597. The molecule has 0 bridgehead atoms. The maximum atomic E-state index is 13.1. The normalized spacial score (nSPS) is 10.7. The zero-order valence-electron chi connectivity index (χ0n) is 16.0. The van der Waals surface area contributed by atoms with Gasteiger partial charge in [-0.25, -0.2) is 0 Å². The molecule has 0 unspecified atom stereocenters. The molecular formula is C23H23ClN2O2. The van der Waals surface area contributed by atoms with Crippen LogP contribution in [0.15, 0.2) is 65.5 Å². The molecule has 3 rings (SSSR count). The number of nitrogens with one attached hydrogen (secondary N) is 1. The molecule has 5 heteroatoms. The van der Waals surface area contributed by atoms with E-state index in [2.05, 4.69) is 16.8 Å². The molecule has 0 saturated heterocycles. The van der Waals surface area contributed by atoms with Crippen LogP contribution in [-0.4, -0.2) is 10.5 Å². The van der Waals surface area contributed by atoms with Crippen molar-refractivity contribution in [3.8, 4) is 11.3 Å². The topological polar surface area (TPSA) is 51.1 Å². The Morgan fingerprint density at radius 2 is 1.75 bits per heavy atom. The number of para-hydroxylation sites is 1. The molecule has 1 aromatic heterocycles. The van der Waals surface area contributed by atoms with E-state index >= 15 is 0 Å². The van der Waals surface area contributed by atoms with E-state index in [1.807, 2.05) is 37.3 Å². The third-order valence-electron chi connectivity index (χ3n) is 4.65. The fourth-order valence-electron chi connectivity index (χ4n) is 3.24. The number of hydrogen-bond donors (Lipinski definition) is 1. The Morgan fingerprint density at radius 3 is 2.43 bits per heavy atom. The monoisotopic (exact) mass is 394 g/mol. The fraction of sp³-hybridized carbons (Fsp3) is 0.217. The largest absolute Gasteiger partial charge is 0.344 e. The molecule has 0 aliphatic heterocycles. The van der Waals surface area contributed by atoms with Gasteiger partial charge in [-0.05, 0) is 31.0 Å². The summed E-state index contributed by atoms with van der Waals surface area (Å²) in [6.45, 7) is 4.75. The lowest BCUT2D eigenvalue weighted by Gasteiger charge is -2.20. The van der Waals surface area contributed by atoms with Gasteiger partial charge in [-0.1, -0.05) is 67.4 Å². The minimum atomic E-state index is -0.456. The zero-order chi connectivity index (χ0) is 20.1. The molecule has 0 atom stereocenters. The number of aryl methyl sites for hydroxylation is 1. The molecule has 2 aromatic carbocycles. The molecule has 0 aliphatic rings. The molecule has 28 heavy (non-hydrogen) atoms. The lowest BCUT2D eigenvalue weighted by molar-refractivity contribution is 0.102. The molecule has 3 aromatic rings. The summed E-state index contributed by atoms with van der Waals surface area (Å²) >= 11 is 6.18. The van der Waals surface area contributed by atoms with Gasteiger partial charge in [0.05, 0.1) is 16.4 Å². The van der Waals surface area contributed by atoms with E-state index in [9.17, 15) is 9.59 Å². The van der Waals surface area contributed by atoms with Crippen LogP contribution in [0.5, 0.6) is 0 Å². The molecule has 0 aliphatic carbocycles. The first-order valence-electron chi connectivity index (χ1n) is 9.38. The van der Waals surface area contributed by atoms with Crippen LogP contribution in [-0.2, 0) is 6.54 Å². The van der Waals surface area contributed by atoms with Crippen molar-refractivity contribution in [2.75, 3.05) is 5.32 Å². The van der Waals surface area contributed by atoms with Gasteiger partial charge in [-0.3, -0.25) is 9.59 Å². The number of pyridine rings is 1. The SMILES string of the molecule is CCCCn1c(C)cc(=O)c(C(=O)Nc2ccccc2Cl)c1-c1ccccc1. The highest BCUT2D eigenvalue weighted by atomic mass is 35.5. The van der Waals surface area contributed by atoms with Gasteiger partial charge in [0.2, 0.25) is 0 Å². The van der Waals surface area contributed by atoms with E-state index < -0.39 is 5.91 Å². The number of aromatic nitrogens is 1. The highest BCUT2D eigenvalue weighted by molar-refractivity contribution is 6.34. The van der Waals surface area contributed by atoms with E-state index in [1.54, 1.807) is 24.3 Å². The number of hydrogen-bond acceptors (Lipinski definition) is 2. The second kappa shape index (κ2) is 8.89. The third-order valence-corrected chi connectivity index (χ3v) is 4.98. The Hall–Kier alpha value is -2.85. The van der Waals surface area contributed by atoms with Crippen molar-refractivity contribution in [2.45, 2.75) is 33.2 Å². The second-order valence-electron chi connectivity index (χ2n) is 6.68. The maximum Gasteiger partial charge on any atom is 0.261 e. The summed E-state index contributed by atoms with van der Waals surface area (Å²) in [5, 5.41) is 3.22. The highest BCUT2D eigenvalue weighted by Crippen LogP contribution is 2.26. The van der Waals surface area contributed by atoms with Gasteiger partial charge in [0, 0.05) is 18.3 Å². The Balaban J connectivity index is 2.18. The zero-order valence-corrected chi connectivity index (χ0v) is 16.8. The van der Waals surface area contributed by atoms with Crippen LogP contribution < -0.4 is 10.7 Å².